The number of nitrogens with zero attached hydrogens (tertiary/aromatic N) is 4. The Hall–Kier alpha value is -3.01. The molecular weight excluding hydrogens is 867 g/mol. The van der Waals surface area contributed by atoms with Crippen molar-refractivity contribution in [3.05, 3.63) is 12.7 Å². The van der Waals surface area contributed by atoms with E-state index in [1.165, 1.54) is 0 Å². The molecule has 1 aliphatic heterocycles. The number of phosphoric ester groups is 3. The number of nitrogens with one attached hydrogen (secondary N) is 2. The van der Waals surface area contributed by atoms with Crippen LogP contribution in [0, 0.1) is 5.41 Å². The van der Waals surface area contributed by atoms with Gasteiger partial charge in [-0.15, -0.1) is 0 Å². The topological polar surface area (TPSA) is 435 Å². The predicted molar refractivity (Wildman–Crippen MR) is 183 cm³/mol. The number of aliphatic hydroxyl groups excluding tert-OH is 2. The Morgan fingerprint density at radius 1 is 1.03 bits per heavy atom. The third-order valence-electron chi connectivity index (χ3n) is 7.79. The van der Waals surface area contributed by atoms with Gasteiger partial charge < -0.3 is 84.0 Å². The summed E-state index contributed by atoms with van der Waals surface area (Å²) in [4.78, 5) is 107. The molecule has 0 radical (unpaired) electrons. The average Bonchev–Trinajstić information content (AvgIpc) is 3.63. The number of aliphatic hydroxyl groups is 3. The Morgan fingerprint density at radius 3 is 2.33 bits per heavy atom. The lowest BCUT2D eigenvalue weighted by atomic mass is 9.87. The molecule has 0 spiro atoms. The Morgan fingerprint density at radius 2 is 1.69 bits per heavy atom. The van der Waals surface area contributed by atoms with Gasteiger partial charge in [0, 0.05) is 49.5 Å². The van der Waals surface area contributed by atoms with Gasteiger partial charge in [-0.3, -0.25) is 28.1 Å². The van der Waals surface area contributed by atoms with E-state index in [9.17, 15) is 72.9 Å². The maximum atomic E-state index is 12.5. The smallest absolute Gasteiger partial charge is 0.274 e. The third kappa shape index (κ3) is 15.2. The first kappa shape index (κ1) is 49.4. The number of carboxylic acid groups (broad SMARTS) is 1. The summed E-state index contributed by atoms with van der Waals surface area (Å²) < 4.78 is 60.3. The summed E-state index contributed by atoms with van der Waals surface area (Å²) in [5.74, 6) is -3.21. The van der Waals surface area contributed by atoms with Crippen molar-refractivity contribution in [3.8, 4) is 0 Å². The first-order valence-electron chi connectivity index (χ1n) is 16.5. The molecule has 7 N–H and O–H groups in total. The highest BCUT2D eigenvalue weighted by Gasteiger charge is 2.47. The third-order valence-corrected chi connectivity index (χ3v) is 11.7. The van der Waals surface area contributed by atoms with E-state index in [-0.39, 0.29) is 42.2 Å². The number of hydrogen-bond donors (Lipinski definition) is 6. The van der Waals surface area contributed by atoms with Gasteiger partial charge in [0.15, 0.2) is 22.8 Å². The number of fused-ring (bicyclic) bond motifs is 1. The number of nitrogen functional groups attached to an aromatic ring is 1. The van der Waals surface area contributed by atoms with Crippen LogP contribution in [0.3, 0.4) is 0 Å². The van der Waals surface area contributed by atoms with Gasteiger partial charge in [-0.1, -0.05) is 25.6 Å². The maximum absolute atomic E-state index is 12.5. The van der Waals surface area contributed by atoms with Crippen molar-refractivity contribution in [1.82, 2.24) is 30.2 Å². The number of thioether (sulfide) groups is 1. The van der Waals surface area contributed by atoms with Gasteiger partial charge in [0.05, 0.1) is 33.0 Å². The van der Waals surface area contributed by atoms with E-state index in [1.807, 2.05) is 0 Å². The zero-order chi connectivity index (χ0) is 43.9. The number of carbonyl (C=O) groups is 4. The molecule has 2 amide bonds. The Kier molecular flexibility index (Phi) is 17.0. The summed E-state index contributed by atoms with van der Waals surface area (Å²) in [6, 6.07) is 0. The standard InChI is InChI=1S/C27H44N7O20P3S/c1-26(2,21(40)24(41)30-5-4-15(35)29-6-7-58-17(38)9-27(3,42)8-16(36)37)11-51-57(48,49)54-56(46,47)50-10-14-20(53-55(43,44)45)19(39)25(52-14)34-13-33-18-22(28)31-12-32-23(18)34/h12-14,19-21,25,39-40,42H,4-11H2,1-3H3,(H,29,35)(H,30,41)(H,36,37)(H,46,47)(H,48,49)(H2,28,31,32)(H2,43,44,45)/p-5/t14?,19?,20?,21?,25?,27-/m0/s1. The van der Waals surface area contributed by atoms with Gasteiger partial charge >= 0.3 is 0 Å². The van der Waals surface area contributed by atoms with Crippen LogP contribution < -0.4 is 41.0 Å². The summed E-state index contributed by atoms with van der Waals surface area (Å²) in [6.07, 6.45) is -9.08. The number of imidazole rings is 1. The van der Waals surface area contributed by atoms with E-state index < -0.39 is 114 Å². The second-order valence-corrected chi connectivity index (χ2v) is 18.6. The van der Waals surface area contributed by atoms with Crippen LogP contribution >= 0.6 is 35.2 Å². The molecule has 3 heterocycles. The molecule has 7 unspecified atom stereocenters. The lowest BCUT2D eigenvalue weighted by Gasteiger charge is -2.36. The predicted octanol–water partition coefficient (Wildman–Crippen LogP) is -5.58. The number of aromatic nitrogens is 4. The fourth-order valence-electron chi connectivity index (χ4n) is 5.01. The molecule has 1 aliphatic rings. The Bertz CT molecular complexity index is 1950. The number of carboxylic acids is 1. The van der Waals surface area contributed by atoms with Crippen molar-refractivity contribution in [2.24, 2.45) is 5.41 Å². The molecule has 0 aromatic carbocycles. The van der Waals surface area contributed by atoms with E-state index in [1.54, 1.807) is 0 Å². The number of anilines is 1. The Balaban J connectivity index is 1.47. The molecule has 31 heteroatoms. The number of carbonyl (C=O) groups excluding carboxylic acids is 4. The van der Waals surface area contributed by atoms with Crippen LogP contribution in [0.5, 0.6) is 0 Å². The molecule has 1 fully saturated rings. The lowest BCUT2D eigenvalue weighted by molar-refractivity contribution is -0.347. The normalized spacial score (nSPS) is 22.4. The molecular formula is C27H39N7O20P3S-5. The number of amides is 2. The second kappa shape index (κ2) is 20.0. The van der Waals surface area contributed by atoms with Crippen LogP contribution in [0.4, 0.5) is 5.82 Å². The van der Waals surface area contributed by atoms with E-state index in [2.05, 4.69) is 43.5 Å². The number of phosphoric acid groups is 3. The van der Waals surface area contributed by atoms with Crippen LogP contribution in [0.1, 0.15) is 46.3 Å². The SMILES string of the molecule is CC(C)(COP(=O)([O-])OP(=O)([O-])OCC1OC(n2cnc3c(N)ncnc32)C(O)C1OP(=O)([O-])[O-])C(O)C(=O)NCCC(=O)NCCSC(=O)C[C@@](C)(O)CC(=O)[O-]. The molecule has 0 bridgehead atoms. The van der Waals surface area contributed by atoms with E-state index in [0.717, 1.165) is 49.8 Å². The monoisotopic (exact) mass is 906 g/mol. The number of aliphatic carboxylic acids is 1. The van der Waals surface area contributed by atoms with Crippen molar-refractivity contribution in [2.75, 3.05) is 37.8 Å². The van der Waals surface area contributed by atoms with Crippen LogP contribution in [0.15, 0.2) is 12.7 Å². The van der Waals surface area contributed by atoms with Crippen LogP contribution in [0.25, 0.3) is 11.2 Å². The molecule has 1 saturated heterocycles. The molecule has 27 nitrogen and oxygen atoms in total. The molecule has 0 aliphatic carbocycles. The van der Waals surface area contributed by atoms with E-state index in [4.69, 9.17) is 10.5 Å². The van der Waals surface area contributed by atoms with E-state index in [0.29, 0.717) is 0 Å². The number of rotatable bonds is 23. The fraction of sp³-hybridized carbons (Fsp3) is 0.667. The molecule has 328 valence electrons. The zero-order valence-electron chi connectivity index (χ0n) is 30.6. The van der Waals surface area contributed by atoms with Crippen LogP contribution in [-0.4, -0.2) is 120 Å². The second-order valence-electron chi connectivity index (χ2n) is 13.4. The molecule has 3 rings (SSSR count). The van der Waals surface area contributed by atoms with Crippen molar-refractivity contribution in [3.63, 3.8) is 0 Å². The summed E-state index contributed by atoms with van der Waals surface area (Å²) in [7, 11) is -17.7. The Labute approximate surface area is 332 Å². The minimum absolute atomic E-state index is 0.00721. The van der Waals surface area contributed by atoms with Crippen molar-refractivity contribution < 1.29 is 95.5 Å². The van der Waals surface area contributed by atoms with Crippen molar-refractivity contribution >= 4 is 75.1 Å². The first-order valence-corrected chi connectivity index (χ1v) is 21.9. The molecule has 8 atom stereocenters. The first-order chi connectivity index (χ1) is 26.6. The van der Waals surface area contributed by atoms with Gasteiger partial charge in [-0.2, -0.15) is 0 Å². The van der Waals surface area contributed by atoms with Gasteiger partial charge in [0.2, 0.25) is 11.8 Å². The summed E-state index contributed by atoms with van der Waals surface area (Å²) in [5.41, 5.74) is 2.17. The minimum atomic E-state index is -5.95. The van der Waals surface area contributed by atoms with Crippen LogP contribution in [0.2, 0.25) is 0 Å². The molecule has 2 aromatic heterocycles. The van der Waals surface area contributed by atoms with Crippen molar-refractivity contribution in [2.45, 2.75) is 76.3 Å². The minimum Gasteiger partial charge on any atom is -0.790 e. The highest BCUT2D eigenvalue weighted by atomic mass is 32.2. The molecule has 0 saturated carbocycles. The quantitative estimate of drug-likeness (QED) is 0.0447. The molecule has 2 aromatic rings. The largest absolute Gasteiger partial charge is 0.790 e. The molecule has 58 heavy (non-hydrogen) atoms. The van der Waals surface area contributed by atoms with Gasteiger partial charge in [-0.25, -0.2) is 19.3 Å². The highest BCUT2D eigenvalue weighted by molar-refractivity contribution is 8.13. The van der Waals surface area contributed by atoms with Gasteiger partial charge in [-0.05, 0) is 6.92 Å². The average molecular weight is 907 g/mol. The number of ether oxygens (including phenoxy) is 1. The number of hydrogen-bond acceptors (Lipinski definition) is 25. The van der Waals surface area contributed by atoms with E-state index >= 15 is 0 Å². The zero-order valence-corrected chi connectivity index (χ0v) is 34.1. The summed E-state index contributed by atoms with van der Waals surface area (Å²) >= 11 is 0.739. The van der Waals surface area contributed by atoms with Gasteiger partial charge in [0.1, 0.15) is 36.3 Å². The summed E-state index contributed by atoms with van der Waals surface area (Å²) in [6.45, 7) is 0.813. The fourth-order valence-corrected chi connectivity index (χ4v) is 8.59. The highest BCUT2D eigenvalue weighted by Crippen LogP contribution is 2.56. The lowest BCUT2D eigenvalue weighted by Crippen LogP contribution is -2.46. The van der Waals surface area contributed by atoms with Crippen molar-refractivity contribution in [1.29, 1.82) is 0 Å². The van der Waals surface area contributed by atoms with Crippen LogP contribution in [-0.2, 0) is 55.5 Å². The number of nitrogens with two attached hydrogens (primary N) is 1. The van der Waals surface area contributed by atoms with Gasteiger partial charge in [0.25, 0.3) is 15.6 Å². The maximum Gasteiger partial charge on any atom is 0.274 e. The summed E-state index contributed by atoms with van der Waals surface area (Å²) in [5, 5.41) is 46.0.